The summed E-state index contributed by atoms with van der Waals surface area (Å²) in [5.41, 5.74) is 1.62. The molecule has 7 heteroatoms. The zero-order valence-corrected chi connectivity index (χ0v) is 19.4. The quantitative estimate of drug-likeness (QED) is 0.499. The normalized spacial score (nSPS) is 10.7. The first-order valence-electron chi connectivity index (χ1n) is 10.3. The Kier molecular flexibility index (Phi) is 9.83. The SMILES string of the molecule is CCCOc1ccc(Br)cc1C(=O)Nc1ccc(C(=O)NCCN(CC)CC)cc1. The number of rotatable bonds is 11. The fourth-order valence-corrected chi connectivity index (χ4v) is 3.25. The molecule has 0 atom stereocenters. The van der Waals surface area contributed by atoms with E-state index in [0.717, 1.165) is 30.5 Å². The average molecular weight is 476 g/mol. The molecule has 162 valence electrons. The zero-order chi connectivity index (χ0) is 21.9. The highest BCUT2D eigenvalue weighted by atomic mass is 79.9. The van der Waals surface area contributed by atoms with Crippen LogP contribution in [0.15, 0.2) is 46.9 Å². The van der Waals surface area contributed by atoms with Gasteiger partial charge in [-0.1, -0.05) is 36.7 Å². The Morgan fingerprint density at radius 1 is 1.00 bits per heavy atom. The highest BCUT2D eigenvalue weighted by molar-refractivity contribution is 9.10. The summed E-state index contributed by atoms with van der Waals surface area (Å²) in [6.45, 7) is 10.1. The van der Waals surface area contributed by atoms with Crippen molar-refractivity contribution >= 4 is 33.4 Å². The molecule has 0 bridgehead atoms. The minimum Gasteiger partial charge on any atom is -0.493 e. The molecule has 0 heterocycles. The van der Waals surface area contributed by atoms with Crippen LogP contribution in [0.5, 0.6) is 5.75 Å². The zero-order valence-electron chi connectivity index (χ0n) is 17.8. The molecule has 2 aromatic rings. The van der Waals surface area contributed by atoms with E-state index in [1.807, 2.05) is 13.0 Å². The lowest BCUT2D eigenvalue weighted by atomic mass is 10.1. The minimum atomic E-state index is -0.265. The number of benzene rings is 2. The van der Waals surface area contributed by atoms with Crippen molar-refractivity contribution in [1.82, 2.24) is 10.2 Å². The number of anilines is 1. The summed E-state index contributed by atoms with van der Waals surface area (Å²) < 4.78 is 6.48. The number of carbonyl (C=O) groups excluding carboxylic acids is 2. The molecule has 0 aliphatic carbocycles. The van der Waals surface area contributed by atoms with Crippen LogP contribution >= 0.6 is 15.9 Å². The summed E-state index contributed by atoms with van der Waals surface area (Å²) in [6.07, 6.45) is 0.857. The Labute approximate surface area is 187 Å². The Morgan fingerprint density at radius 3 is 2.33 bits per heavy atom. The monoisotopic (exact) mass is 475 g/mol. The van der Waals surface area contributed by atoms with Gasteiger partial charge < -0.3 is 20.3 Å². The molecule has 0 aliphatic rings. The predicted octanol–water partition coefficient (Wildman–Crippen LogP) is 4.56. The van der Waals surface area contributed by atoms with Crippen LogP contribution in [0.25, 0.3) is 0 Å². The summed E-state index contributed by atoms with van der Waals surface area (Å²) in [6, 6.07) is 12.2. The molecule has 2 amide bonds. The van der Waals surface area contributed by atoms with Gasteiger partial charge in [-0.25, -0.2) is 0 Å². The van der Waals surface area contributed by atoms with Crippen molar-refractivity contribution in [2.75, 3.05) is 38.1 Å². The smallest absolute Gasteiger partial charge is 0.259 e. The molecule has 2 rings (SSSR count). The molecule has 0 aromatic heterocycles. The first kappa shape index (κ1) is 23.9. The lowest BCUT2D eigenvalue weighted by molar-refractivity contribution is 0.0948. The molecule has 2 N–H and O–H groups in total. The molecule has 0 radical (unpaired) electrons. The third-order valence-corrected chi connectivity index (χ3v) is 5.15. The van der Waals surface area contributed by atoms with Gasteiger partial charge >= 0.3 is 0 Å². The van der Waals surface area contributed by atoms with E-state index in [2.05, 4.69) is 45.3 Å². The maximum atomic E-state index is 12.7. The molecule has 0 unspecified atom stereocenters. The third kappa shape index (κ3) is 7.15. The van der Waals surface area contributed by atoms with Gasteiger partial charge in [-0.2, -0.15) is 0 Å². The van der Waals surface area contributed by atoms with Crippen LogP contribution in [0.4, 0.5) is 5.69 Å². The van der Waals surface area contributed by atoms with Gasteiger partial charge in [-0.3, -0.25) is 9.59 Å². The third-order valence-electron chi connectivity index (χ3n) is 4.66. The van der Waals surface area contributed by atoms with Crippen LogP contribution in [0.1, 0.15) is 47.9 Å². The van der Waals surface area contributed by atoms with Gasteiger partial charge in [0.15, 0.2) is 0 Å². The van der Waals surface area contributed by atoms with Crippen LogP contribution in [0, 0.1) is 0 Å². The Balaban J connectivity index is 1.98. The second-order valence-electron chi connectivity index (χ2n) is 6.80. The summed E-state index contributed by atoms with van der Waals surface area (Å²) in [5, 5.41) is 5.79. The molecule has 6 nitrogen and oxygen atoms in total. The van der Waals surface area contributed by atoms with E-state index in [0.29, 0.717) is 35.7 Å². The Bertz CT molecular complexity index is 836. The Morgan fingerprint density at radius 2 is 1.70 bits per heavy atom. The highest BCUT2D eigenvalue weighted by Crippen LogP contribution is 2.24. The number of amides is 2. The van der Waals surface area contributed by atoms with Crippen molar-refractivity contribution in [1.29, 1.82) is 0 Å². The van der Waals surface area contributed by atoms with Crippen LogP contribution in [-0.4, -0.2) is 49.5 Å². The fraction of sp³-hybridized carbons (Fsp3) is 0.391. The summed E-state index contributed by atoms with van der Waals surface area (Å²) in [5.74, 6) is 0.155. The van der Waals surface area contributed by atoms with Crippen molar-refractivity contribution in [3.63, 3.8) is 0 Å². The van der Waals surface area contributed by atoms with E-state index < -0.39 is 0 Å². The van der Waals surface area contributed by atoms with E-state index in [4.69, 9.17) is 4.74 Å². The summed E-state index contributed by atoms with van der Waals surface area (Å²) in [4.78, 5) is 27.3. The molecule has 0 aliphatic heterocycles. The van der Waals surface area contributed by atoms with E-state index in [1.165, 1.54) is 0 Å². The second-order valence-corrected chi connectivity index (χ2v) is 7.72. The molecule has 30 heavy (non-hydrogen) atoms. The number of likely N-dealkylation sites (N-methyl/N-ethyl adjacent to an activating group) is 1. The lowest BCUT2D eigenvalue weighted by Gasteiger charge is -2.18. The topological polar surface area (TPSA) is 70.7 Å². The molecule has 0 spiro atoms. The van der Waals surface area contributed by atoms with Gasteiger partial charge in [0.1, 0.15) is 5.75 Å². The van der Waals surface area contributed by atoms with Crippen molar-refractivity contribution < 1.29 is 14.3 Å². The maximum Gasteiger partial charge on any atom is 0.259 e. The van der Waals surface area contributed by atoms with Gasteiger partial charge in [0.2, 0.25) is 0 Å². The van der Waals surface area contributed by atoms with Crippen LogP contribution in [0.2, 0.25) is 0 Å². The standard InChI is InChI=1S/C23H30BrN3O3/c1-4-15-30-21-12-9-18(24)16-20(21)23(29)26-19-10-7-17(8-11-19)22(28)25-13-14-27(5-2)6-3/h7-12,16H,4-6,13-15H2,1-3H3,(H,25,28)(H,26,29). The number of hydrogen-bond donors (Lipinski definition) is 2. The van der Waals surface area contributed by atoms with Crippen molar-refractivity contribution in [2.24, 2.45) is 0 Å². The highest BCUT2D eigenvalue weighted by Gasteiger charge is 2.14. The summed E-state index contributed by atoms with van der Waals surface area (Å²) >= 11 is 3.40. The van der Waals surface area contributed by atoms with Gasteiger partial charge in [-0.05, 0) is 62.0 Å². The number of hydrogen-bond acceptors (Lipinski definition) is 4. The Hall–Kier alpha value is -2.38. The van der Waals surface area contributed by atoms with Crippen LogP contribution in [-0.2, 0) is 0 Å². The number of carbonyl (C=O) groups is 2. The predicted molar refractivity (Wildman–Crippen MR) is 124 cm³/mol. The minimum absolute atomic E-state index is 0.123. The average Bonchev–Trinajstić information content (AvgIpc) is 2.76. The van der Waals surface area contributed by atoms with Crippen molar-refractivity contribution in [2.45, 2.75) is 27.2 Å². The fourth-order valence-electron chi connectivity index (χ4n) is 2.89. The van der Waals surface area contributed by atoms with E-state index >= 15 is 0 Å². The number of halogens is 1. The molecule has 0 saturated carbocycles. The number of ether oxygens (including phenoxy) is 1. The first-order valence-corrected chi connectivity index (χ1v) is 11.1. The summed E-state index contributed by atoms with van der Waals surface area (Å²) in [7, 11) is 0. The maximum absolute atomic E-state index is 12.7. The van der Waals surface area contributed by atoms with Gasteiger partial charge in [0, 0.05) is 28.8 Å². The number of nitrogens with one attached hydrogen (secondary N) is 2. The van der Waals surface area contributed by atoms with E-state index in [-0.39, 0.29) is 11.8 Å². The van der Waals surface area contributed by atoms with Crippen LogP contribution in [0.3, 0.4) is 0 Å². The van der Waals surface area contributed by atoms with Crippen LogP contribution < -0.4 is 15.4 Å². The van der Waals surface area contributed by atoms with Gasteiger partial charge in [0.05, 0.1) is 12.2 Å². The lowest BCUT2D eigenvalue weighted by Crippen LogP contribution is -2.34. The van der Waals surface area contributed by atoms with Gasteiger partial charge in [0.25, 0.3) is 11.8 Å². The molecule has 2 aromatic carbocycles. The van der Waals surface area contributed by atoms with Crippen molar-refractivity contribution in [3.8, 4) is 5.75 Å². The molecular formula is C23H30BrN3O3. The first-order chi connectivity index (χ1) is 14.5. The van der Waals surface area contributed by atoms with Gasteiger partial charge in [-0.15, -0.1) is 0 Å². The van der Waals surface area contributed by atoms with Crippen molar-refractivity contribution in [3.05, 3.63) is 58.1 Å². The molecule has 0 saturated heterocycles. The van der Waals surface area contributed by atoms with E-state index in [1.54, 1.807) is 36.4 Å². The van der Waals surface area contributed by atoms with E-state index in [9.17, 15) is 9.59 Å². The second kappa shape index (κ2) is 12.3. The number of nitrogens with zero attached hydrogens (tertiary/aromatic N) is 1. The molecular weight excluding hydrogens is 446 g/mol. The largest absolute Gasteiger partial charge is 0.493 e. The molecule has 0 fully saturated rings.